The maximum atomic E-state index is 12.2. The van der Waals surface area contributed by atoms with Crippen LogP contribution in [0.15, 0.2) is 58.4 Å². The SMILES string of the molecule is O=C(CCCCCN=C1NS(=O)(=O)c2ccccc21)Nc1ccc(N2CCNC2=O)cc1. The highest BCUT2D eigenvalue weighted by Gasteiger charge is 2.29. The van der Waals surface area contributed by atoms with Crippen molar-refractivity contribution in [3.05, 3.63) is 54.1 Å². The van der Waals surface area contributed by atoms with Crippen LogP contribution in [-0.2, 0) is 14.8 Å². The van der Waals surface area contributed by atoms with Crippen LogP contribution in [-0.4, -0.2) is 45.8 Å². The van der Waals surface area contributed by atoms with Crippen molar-refractivity contribution in [1.82, 2.24) is 10.0 Å². The largest absolute Gasteiger partial charge is 0.336 e. The van der Waals surface area contributed by atoms with E-state index in [4.69, 9.17) is 0 Å². The van der Waals surface area contributed by atoms with E-state index in [1.807, 2.05) is 12.1 Å². The number of anilines is 2. The van der Waals surface area contributed by atoms with Gasteiger partial charge in [-0.1, -0.05) is 18.6 Å². The molecule has 0 radical (unpaired) electrons. The van der Waals surface area contributed by atoms with Crippen LogP contribution in [0.25, 0.3) is 0 Å². The molecule has 2 aromatic rings. The number of hydrogen-bond donors (Lipinski definition) is 3. The van der Waals surface area contributed by atoms with E-state index in [0.29, 0.717) is 49.6 Å². The number of nitrogens with one attached hydrogen (secondary N) is 3. The van der Waals surface area contributed by atoms with Crippen LogP contribution in [0.5, 0.6) is 0 Å². The van der Waals surface area contributed by atoms with Gasteiger partial charge in [0.1, 0.15) is 5.84 Å². The molecule has 3 amide bonds. The van der Waals surface area contributed by atoms with Gasteiger partial charge in [0.05, 0.1) is 4.90 Å². The lowest BCUT2D eigenvalue weighted by Crippen LogP contribution is -2.27. The topological polar surface area (TPSA) is 120 Å². The molecule has 2 aliphatic rings. The molecule has 9 nitrogen and oxygen atoms in total. The van der Waals surface area contributed by atoms with E-state index < -0.39 is 10.0 Å². The first kappa shape index (κ1) is 21.8. The zero-order valence-electron chi connectivity index (χ0n) is 17.5. The molecular formula is C22H25N5O4S. The van der Waals surface area contributed by atoms with Crippen LogP contribution >= 0.6 is 0 Å². The van der Waals surface area contributed by atoms with Crippen molar-refractivity contribution >= 4 is 39.2 Å². The summed E-state index contributed by atoms with van der Waals surface area (Å²) in [6.07, 6.45) is 2.67. The molecule has 1 fully saturated rings. The van der Waals surface area contributed by atoms with Crippen LogP contribution < -0.4 is 20.3 Å². The highest BCUT2D eigenvalue weighted by molar-refractivity contribution is 7.90. The van der Waals surface area contributed by atoms with Crippen molar-refractivity contribution in [2.24, 2.45) is 4.99 Å². The van der Waals surface area contributed by atoms with Gasteiger partial charge >= 0.3 is 6.03 Å². The average Bonchev–Trinajstić information content (AvgIpc) is 3.32. The van der Waals surface area contributed by atoms with Gasteiger partial charge in [-0.2, -0.15) is 0 Å². The summed E-state index contributed by atoms with van der Waals surface area (Å²) in [5.74, 6) is 0.314. The molecule has 0 aliphatic carbocycles. The molecule has 168 valence electrons. The van der Waals surface area contributed by atoms with Crippen molar-refractivity contribution in [2.45, 2.75) is 30.6 Å². The van der Waals surface area contributed by atoms with Gasteiger partial charge < -0.3 is 10.6 Å². The summed E-state index contributed by atoms with van der Waals surface area (Å²) in [4.78, 5) is 30.2. The third-order valence-electron chi connectivity index (χ3n) is 5.31. The number of fused-ring (bicyclic) bond motifs is 1. The zero-order valence-corrected chi connectivity index (χ0v) is 18.3. The summed E-state index contributed by atoms with van der Waals surface area (Å²) in [5.41, 5.74) is 2.09. The summed E-state index contributed by atoms with van der Waals surface area (Å²) >= 11 is 0. The molecule has 0 unspecified atom stereocenters. The second-order valence-corrected chi connectivity index (χ2v) is 9.27. The summed E-state index contributed by atoms with van der Waals surface area (Å²) in [5, 5.41) is 5.62. The molecule has 2 aromatic carbocycles. The Morgan fingerprint density at radius 3 is 2.59 bits per heavy atom. The number of aliphatic imine (C=N–C) groups is 1. The number of rotatable bonds is 8. The Morgan fingerprint density at radius 1 is 1.06 bits per heavy atom. The van der Waals surface area contributed by atoms with E-state index >= 15 is 0 Å². The fourth-order valence-corrected chi connectivity index (χ4v) is 4.93. The zero-order chi connectivity index (χ0) is 22.6. The molecule has 0 bridgehead atoms. The van der Waals surface area contributed by atoms with Crippen molar-refractivity contribution in [2.75, 3.05) is 29.9 Å². The number of carbonyl (C=O) groups excluding carboxylic acids is 2. The highest BCUT2D eigenvalue weighted by atomic mass is 32.2. The van der Waals surface area contributed by atoms with E-state index in [0.717, 1.165) is 18.5 Å². The summed E-state index contributed by atoms with van der Waals surface area (Å²) in [6.45, 7) is 1.75. The number of unbranched alkanes of at least 4 members (excludes halogenated alkanes) is 2. The summed E-state index contributed by atoms with van der Waals surface area (Å²) in [7, 11) is -3.51. The first-order chi connectivity index (χ1) is 15.4. The fourth-order valence-electron chi connectivity index (χ4n) is 3.68. The Hall–Kier alpha value is -3.40. The molecule has 4 rings (SSSR count). The first-order valence-electron chi connectivity index (χ1n) is 10.6. The van der Waals surface area contributed by atoms with Crippen molar-refractivity contribution in [3.8, 4) is 0 Å². The molecule has 0 aromatic heterocycles. The molecule has 3 N–H and O–H groups in total. The third-order valence-corrected chi connectivity index (χ3v) is 6.71. The number of sulfonamides is 1. The predicted molar refractivity (Wildman–Crippen MR) is 122 cm³/mol. The molecule has 0 saturated carbocycles. The molecule has 2 heterocycles. The molecule has 0 spiro atoms. The monoisotopic (exact) mass is 455 g/mol. The van der Waals surface area contributed by atoms with Gasteiger partial charge in [-0.15, -0.1) is 0 Å². The summed E-state index contributed by atoms with van der Waals surface area (Å²) in [6, 6.07) is 13.9. The van der Waals surface area contributed by atoms with Gasteiger partial charge in [-0.25, -0.2) is 13.2 Å². The minimum absolute atomic E-state index is 0.0690. The fraction of sp³-hybridized carbons (Fsp3) is 0.318. The maximum Gasteiger partial charge on any atom is 0.321 e. The van der Waals surface area contributed by atoms with Crippen LogP contribution in [0.3, 0.4) is 0 Å². The molecule has 32 heavy (non-hydrogen) atoms. The predicted octanol–water partition coefficient (Wildman–Crippen LogP) is 2.45. The minimum Gasteiger partial charge on any atom is -0.336 e. The van der Waals surface area contributed by atoms with Gasteiger partial charge in [-0.05, 0) is 49.2 Å². The van der Waals surface area contributed by atoms with Crippen molar-refractivity contribution in [1.29, 1.82) is 0 Å². The standard InChI is InChI=1S/C22H25N5O4S/c28-20(25-16-9-11-17(12-10-16)27-15-14-24-22(27)29)8-2-1-5-13-23-21-18-6-3-4-7-19(18)32(30,31)26-21/h3-4,6-7,9-12H,1-2,5,8,13-15H2,(H,23,26)(H,24,29)(H,25,28). The molecule has 2 aliphatic heterocycles. The third kappa shape index (κ3) is 4.91. The number of hydrogen-bond acceptors (Lipinski definition) is 5. The number of carbonyl (C=O) groups is 2. The first-order valence-corrected chi connectivity index (χ1v) is 12.0. The van der Waals surface area contributed by atoms with E-state index in [1.165, 1.54) is 0 Å². The van der Waals surface area contributed by atoms with E-state index in [9.17, 15) is 18.0 Å². The Morgan fingerprint density at radius 2 is 1.84 bits per heavy atom. The Kier molecular flexibility index (Phi) is 6.40. The van der Waals surface area contributed by atoms with Gasteiger partial charge in [0.25, 0.3) is 10.0 Å². The van der Waals surface area contributed by atoms with Crippen LogP contribution in [0.2, 0.25) is 0 Å². The molecular weight excluding hydrogens is 430 g/mol. The van der Waals surface area contributed by atoms with Gasteiger partial charge in [0, 0.05) is 43.0 Å². The quantitative estimate of drug-likeness (QED) is 0.530. The number of nitrogens with zero attached hydrogens (tertiary/aromatic N) is 2. The van der Waals surface area contributed by atoms with Gasteiger partial charge in [-0.3, -0.25) is 19.4 Å². The van der Waals surface area contributed by atoms with E-state index in [2.05, 4.69) is 20.3 Å². The van der Waals surface area contributed by atoms with Crippen LogP contribution in [0, 0.1) is 0 Å². The molecule has 10 heteroatoms. The summed E-state index contributed by atoms with van der Waals surface area (Å²) < 4.78 is 26.6. The smallest absolute Gasteiger partial charge is 0.321 e. The minimum atomic E-state index is -3.51. The average molecular weight is 456 g/mol. The van der Waals surface area contributed by atoms with Gasteiger partial charge in [0.2, 0.25) is 5.91 Å². The normalized spacial score (nSPS) is 17.7. The van der Waals surface area contributed by atoms with Crippen LogP contribution in [0.1, 0.15) is 31.2 Å². The lowest BCUT2D eigenvalue weighted by Gasteiger charge is -2.14. The van der Waals surface area contributed by atoms with Crippen molar-refractivity contribution in [3.63, 3.8) is 0 Å². The Balaban J connectivity index is 1.18. The van der Waals surface area contributed by atoms with Crippen LogP contribution in [0.4, 0.5) is 16.2 Å². The molecule has 0 atom stereocenters. The van der Waals surface area contributed by atoms with E-state index in [1.54, 1.807) is 41.3 Å². The number of urea groups is 1. The lowest BCUT2D eigenvalue weighted by atomic mass is 10.1. The Labute approximate surface area is 187 Å². The number of benzene rings is 2. The second kappa shape index (κ2) is 9.39. The number of amidine groups is 1. The number of amides is 3. The lowest BCUT2D eigenvalue weighted by molar-refractivity contribution is -0.116. The second-order valence-electron chi connectivity index (χ2n) is 7.62. The van der Waals surface area contributed by atoms with E-state index in [-0.39, 0.29) is 16.8 Å². The highest BCUT2D eigenvalue weighted by Crippen LogP contribution is 2.22. The van der Waals surface area contributed by atoms with Crippen molar-refractivity contribution < 1.29 is 18.0 Å². The maximum absolute atomic E-state index is 12.2. The Bertz CT molecular complexity index is 1150. The van der Waals surface area contributed by atoms with Gasteiger partial charge in [0.15, 0.2) is 0 Å². The molecule has 1 saturated heterocycles.